The first kappa shape index (κ1) is 8.91. The van der Waals surface area contributed by atoms with Gasteiger partial charge in [-0.3, -0.25) is 10.3 Å². The van der Waals surface area contributed by atoms with Gasteiger partial charge in [0.15, 0.2) is 0 Å². The molecule has 0 spiro atoms. The molecular weight excluding hydrogens is 164 g/mol. The molecule has 1 unspecified atom stereocenters. The molecule has 2 rings (SSSR count). The van der Waals surface area contributed by atoms with Gasteiger partial charge in [-0.1, -0.05) is 6.08 Å². The van der Waals surface area contributed by atoms with E-state index >= 15 is 0 Å². The molecule has 0 aromatic carbocycles. The van der Waals surface area contributed by atoms with Gasteiger partial charge in [0.25, 0.3) is 0 Å². The van der Waals surface area contributed by atoms with Gasteiger partial charge in [-0.2, -0.15) is 0 Å². The van der Waals surface area contributed by atoms with E-state index in [0.29, 0.717) is 6.04 Å². The van der Waals surface area contributed by atoms with Gasteiger partial charge in [-0.25, -0.2) is 0 Å². The lowest BCUT2D eigenvalue weighted by atomic mass is 10.1. The first-order chi connectivity index (χ1) is 6.34. The van der Waals surface area contributed by atoms with Crippen LogP contribution >= 0.6 is 0 Å². The molecule has 2 atom stereocenters. The summed E-state index contributed by atoms with van der Waals surface area (Å²) < 4.78 is 5.29. The van der Waals surface area contributed by atoms with E-state index in [2.05, 4.69) is 23.3 Å². The summed E-state index contributed by atoms with van der Waals surface area (Å²) in [5.74, 6) is 0. The molecule has 2 aliphatic rings. The van der Waals surface area contributed by atoms with Crippen LogP contribution in [0.2, 0.25) is 0 Å². The van der Waals surface area contributed by atoms with Crippen molar-refractivity contribution in [3.8, 4) is 0 Å². The van der Waals surface area contributed by atoms with Crippen LogP contribution in [0, 0.1) is 0 Å². The van der Waals surface area contributed by atoms with E-state index in [1.165, 1.54) is 5.57 Å². The molecule has 0 aromatic heterocycles. The Kier molecular flexibility index (Phi) is 2.76. The van der Waals surface area contributed by atoms with E-state index in [0.717, 1.165) is 26.1 Å². The number of aliphatic imine (C=N–C) groups is 1. The summed E-state index contributed by atoms with van der Waals surface area (Å²) in [4.78, 5) is 4.41. The monoisotopic (exact) mass is 180 g/mol. The second-order valence-electron chi connectivity index (χ2n) is 3.70. The second-order valence-corrected chi connectivity index (χ2v) is 3.70. The summed E-state index contributed by atoms with van der Waals surface area (Å²) >= 11 is 0. The van der Waals surface area contributed by atoms with Crippen molar-refractivity contribution in [2.24, 2.45) is 4.99 Å². The Bertz CT molecular complexity index is 229. The lowest BCUT2D eigenvalue weighted by Gasteiger charge is -2.19. The minimum atomic E-state index is 0.274. The molecule has 2 heterocycles. The Morgan fingerprint density at radius 2 is 2.54 bits per heavy atom. The van der Waals surface area contributed by atoms with E-state index in [4.69, 9.17) is 4.74 Å². The van der Waals surface area contributed by atoms with Crippen LogP contribution in [0.1, 0.15) is 19.8 Å². The summed E-state index contributed by atoms with van der Waals surface area (Å²) in [6, 6.07) is 0.508. The largest absolute Gasteiger partial charge is 0.380 e. The van der Waals surface area contributed by atoms with Gasteiger partial charge in [0, 0.05) is 25.3 Å². The predicted octanol–water partition coefficient (Wildman–Crippen LogP) is 1.11. The lowest BCUT2D eigenvalue weighted by molar-refractivity contribution is 0.188. The number of nitrogens with one attached hydrogen (secondary N) is 1. The molecule has 1 saturated heterocycles. The molecule has 72 valence electrons. The number of ether oxygens (including phenoxy) is 1. The van der Waals surface area contributed by atoms with Crippen LogP contribution in [0.4, 0.5) is 0 Å². The van der Waals surface area contributed by atoms with Crippen LogP contribution in [0.3, 0.4) is 0 Å². The maximum absolute atomic E-state index is 5.29. The SMILES string of the molecule is CC1=CCC(N[C@@H]2CCOC2)N=C1. The molecule has 0 amide bonds. The van der Waals surface area contributed by atoms with Gasteiger partial charge in [-0.05, 0) is 18.9 Å². The molecule has 0 bridgehead atoms. The van der Waals surface area contributed by atoms with Crippen molar-refractivity contribution in [1.82, 2.24) is 5.32 Å². The van der Waals surface area contributed by atoms with Gasteiger partial charge in [0.2, 0.25) is 0 Å². The average molecular weight is 180 g/mol. The molecule has 0 aromatic rings. The minimum absolute atomic E-state index is 0.274. The molecule has 0 saturated carbocycles. The number of nitrogens with zero attached hydrogens (tertiary/aromatic N) is 1. The maximum Gasteiger partial charge on any atom is 0.103 e. The molecule has 0 radical (unpaired) electrons. The highest BCUT2D eigenvalue weighted by atomic mass is 16.5. The number of allylic oxidation sites excluding steroid dienone is 1. The van der Waals surface area contributed by atoms with Crippen molar-refractivity contribution in [2.45, 2.75) is 32.0 Å². The second kappa shape index (κ2) is 4.03. The summed E-state index contributed by atoms with van der Waals surface area (Å²) in [5, 5.41) is 3.47. The van der Waals surface area contributed by atoms with E-state index in [-0.39, 0.29) is 6.17 Å². The number of hydrogen-bond donors (Lipinski definition) is 1. The van der Waals surface area contributed by atoms with Gasteiger partial charge < -0.3 is 4.74 Å². The molecule has 1 N–H and O–H groups in total. The Morgan fingerprint density at radius 1 is 1.62 bits per heavy atom. The molecular formula is C10H16N2O. The van der Waals surface area contributed by atoms with Crippen molar-refractivity contribution in [2.75, 3.05) is 13.2 Å². The van der Waals surface area contributed by atoms with E-state index < -0.39 is 0 Å². The van der Waals surface area contributed by atoms with Crippen LogP contribution in [-0.4, -0.2) is 31.6 Å². The predicted molar refractivity (Wildman–Crippen MR) is 53.0 cm³/mol. The van der Waals surface area contributed by atoms with Gasteiger partial charge >= 0.3 is 0 Å². The fourth-order valence-electron chi connectivity index (χ4n) is 1.67. The van der Waals surface area contributed by atoms with Crippen molar-refractivity contribution >= 4 is 6.21 Å². The van der Waals surface area contributed by atoms with E-state index in [1.807, 2.05) is 6.21 Å². The highest BCUT2D eigenvalue weighted by Gasteiger charge is 2.19. The fourth-order valence-corrected chi connectivity index (χ4v) is 1.67. The zero-order valence-corrected chi connectivity index (χ0v) is 7.99. The van der Waals surface area contributed by atoms with Crippen molar-refractivity contribution < 1.29 is 4.74 Å². The smallest absolute Gasteiger partial charge is 0.103 e. The summed E-state index contributed by atoms with van der Waals surface area (Å²) in [6.45, 7) is 3.82. The van der Waals surface area contributed by atoms with Crippen molar-refractivity contribution in [3.63, 3.8) is 0 Å². The molecule has 3 heteroatoms. The van der Waals surface area contributed by atoms with Crippen LogP contribution in [0.15, 0.2) is 16.6 Å². The van der Waals surface area contributed by atoms with Crippen molar-refractivity contribution in [1.29, 1.82) is 0 Å². The highest BCUT2D eigenvalue weighted by Crippen LogP contribution is 2.10. The lowest BCUT2D eigenvalue weighted by Crippen LogP contribution is -2.38. The molecule has 2 aliphatic heterocycles. The first-order valence-corrected chi connectivity index (χ1v) is 4.88. The van der Waals surface area contributed by atoms with Crippen LogP contribution in [0.5, 0.6) is 0 Å². The van der Waals surface area contributed by atoms with Gasteiger partial charge in [-0.15, -0.1) is 0 Å². The van der Waals surface area contributed by atoms with E-state index in [9.17, 15) is 0 Å². The zero-order chi connectivity index (χ0) is 9.10. The summed E-state index contributed by atoms with van der Waals surface area (Å²) in [7, 11) is 0. The van der Waals surface area contributed by atoms with Crippen LogP contribution < -0.4 is 5.32 Å². The third-order valence-electron chi connectivity index (χ3n) is 2.48. The normalized spacial score (nSPS) is 33.5. The Hall–Kier alpha value is -0.670. The van der Waals surface area contributed by atoms with E-state index in [1.54, 1.807) is 0 Å². The highest BCUT2D eigenvalue weighted by molar-refractivity contribution is 5.78. The third-order valence-corrected chi connectivity index (χ3v) is 2.48. The Labute approximate surface area is 78.9 Å². The molecule has 13 heavy (non-hydrogen) atoms. The maximum atomic E-state index is 5.29. The number of rotatable bonds is 2. The van der Waals surface area contributed by atoms with Gasteiger partial charge in [0.05, 0.1) is 6.61 Å². The summed E-state index contributed by atoms with van der Waals surface area (Å²) in [6.07, 6.45) is 6.57. The quantitative estimate of drug-likeness (QED) is 0.690. The Balaban J connectivity index is 1.80. The first-order valence-electron chi connectivity index (χ1n) is 4.88. The molecule has 1 fully saturated rings. The topological polar surface area (TPSA) is 33.6 Å². The average Bonchev–Trinajstić information content (AvgIpc) is 2.62. The zero-order valence-electron chi connectivity index (χ0n) is 7.99. The van der Waals surface area contributed by atoms with Crippen molar-refractivity contribution in [3.05, 3.63) is 11.6 Å². The van der Waals surface area contributed by atoms with Crippen LogP contribution in [-0.2, 0) is 4.74 Å². The minimum Gasteiger partial charge on any atom is -0.380 e. The molecule has 0 aliphatic carbocycles. The standard InChI is InChI=1S/C10H16N2O/c1-8-2-3-10(11-6-8)12-9-4-5-13-7-9/h2,6,9-10,12H,3-5,7H2,1H3/t9-,10?/m1/s1. The third kappa shape index (κ3) is 2.39. The Morgan fingerprint density at radius 3 is 3.15 bits per heavy atom. The van der Waals surface area contributed by atoms with Gasteiger partial charge in [0.1, 0.15) is 6.17 Å². The number of dihydropyridines is 1. The number of hydrogen-bond acceptors (Lipinski definition) is 3. The fraction of sp³-hybridized carbons (Fsp3) is 0.700. The molecule has 3 nitrogen and oxygen atoms in total. The van der Waals surface area contributed by atoms with Crippen LogP contribution in [0.25, 0.3) is 0 Å². The summed E-state index contributed by atoms with van der Waals surface area (Å²) in [5.41, 5.74) is 1.26.